The molecule has 0 amide bonds. The van der Waals surface area contributed by atoms with Gasteiger partial charge in [-0.25, -0.2) is 0 Å². The Kier molecular flexibility index (Phi) is 2.46. The fraction of sp³-hybridized carbons (Fsp3) is 0.727. The molecular formula is C11H20N4. The Morgan fingerprint density at radius 1 is 1.73 bits per heavy atom. The summed E-state index contributed by atoms with van der Waals surface area (Å²) in [5, 5.41) is 0. The molecule has 1 saturated heterocycles. The van der Waals surface area contributed by atoms with E-state index in [9.17, 15) is 0 Å². The van der Waals surface area contributed by atoms with E-state index < -0.39 is 0 Å². The molecule has 2 aliphatic rings. The van der Waals surface area contributed by atoms with Gasteiger partial charge in [-0.15, -0.1) is 6.58 Å². The number of hydrogen-bond acceptors (Lipinski definition) is 4. The third-order valence-corrected chi connectivity index (χ3v) is 3.67. The summed E-state index contributed by atoms with van der Waals surface area (Å²) in [6.07, 6.45) is 3.04. The van der Waals surface area contributed by atoms with Gasteiger partial charge in [-0.3, -0.25) is 4.99 Å². The van der Waals surface area contributed by atoms with Crippen LogP contribution in [-0.2, 0) is 0 Å². The average Bonchev–Trinajstić information content (AvgIpc) is 2.62. The van der Waals surface area contributed by atoms with E-state index in [1.807, 2.05) is 6.08 Å². The predicted octanol–water partition coefficient (Wildman–Crippen LogP) is 0.266. The molecular weight excluding hydrogens is 188 g/mol. The first-order valence-corrected chi connectivity index (χ1v) is 5.48. The zero-order valence-corrected chi connectivity index (χ0v) is 9.61. The van der Waals surface area contributed by atoms with E-state index in [2.05, 4.69) is 35.3 Å². The number of rotatable bonds is 2. The molecule has 0 aromatic heterocycles. The highest BCUT2D eigenvalue weighted by molar-refractivity contribution is 5.81. The maximum Gasteiger partial charge on any atom is 0.192 e. The fourth-order valence-electron chi connectivity index (χ4n) is 2.76. The monoisotopic (exact) mass is 208 g/mol. The first kappa shape index (κ1) is 10.5. The minimum Gasteiger partial charge on any atom is -0.370 e. The van der Waals surface area contributed by atoms with E-state index in [1.165, 1.54) is 0 Å². The molecule has 4 nitrogen and oxygen atoms in total. The Hall–Kier alpha value is -1.03. The van der Waals surface area contributed by atoms with Crippen LogP contribution in [0, 0.1) is 0 Å². The summed E-state index contributed by atoms with van der Waals surface area (Å²) in [5.41, 5.74) is 6.05. The quantitative estimate of drug-likeness (QED) is 0.662. The van der Waals surface area contributed by atoms with Gasteiger partial charge in [0, 0.05) is 19.1 Å². The summed E-state index contributed by atoms with van der Waals surface area (Å²) in [4.78, 5) is 8.97. The molecule has 84 valence electrons. The third-order valence-electron chi connectivity index (χ3n) is 3.67. The summed E-state index contributed by atoms with van der Waals surface area (Å²) >= 11 is 0. The van der Waals surface area contributed by atoms with Gasteiger partial charge in [0.15, 0.2) is 5.96 Å². The molecule has 0 aromatic rings. The van der Waals surface area contributed by atoms with Crippen molar-refractivity contribution >= 4 is 5.96 Å². The minimum atomic E-state index is 0.131. The van der Waals surface area contributed by atoms with Crippen molar-refractivity contribution in [2.45, 2.75) is 24.9 Å². The summed E-state index contributed by atoms with van der Waals surface area (Å²) < 4.78 is 0. The first-order chi connectivity index (χ1) is 7.09. The van der Waals surface area contributed by atoms with Crippen molar-refractivity contribution < 1.29 is 0 Å². The Morgan fingerprint density at radius 3 is 3.00 bits per heavy atom. The van der Waals surface area contributed by atoms with Crippen LogP contribution in [-0.4, -0.2) is 54.0 Å². The second-order valence-corrected chi connectivity index (χ2v) is 4.77. The molecule has 1 fully saturated rings. The highest BCUT2D eigenvalue weighted by Crippen LogP contribution is 2.34. The summed E-state index contributed by atoms with van der Waals surface area (Å²) in [7, 11) is 2.17. The molecule has 4 heteroatoms. The van der Waals surface area contributed by atoms with E-state index in [0.29, 0.717) is 12.0 Å². The SMILES string of the molecule is C=CCN1C(N)=NCC12CC(C)N(C)C2. The highest BCUT2D eigenvalue weighted by atomic mass is 15.4. The topological polar surface area (TPSA) is 44.9 Å². The largest absolute Gasteiger partial charge is 0.370 e. The van der Waals surface area contributed by atoms with Crippen molar-refractivity contribution in [3.63, 3.8) is 0 Å². The second-order valence-electron chi connectivity index (χ2n) is 4.77. The Labute approximate surface area is 91.4 Å². The molecule has 0 saturated carbocycles. The molecule has 2 rings (SSSR count). The maximum atomic E-state index is 5.92. The van der Waals surface area contributed by atoms with Crippen LogP contribution in [0.2, 0.25) is 0 Å². The van der Waals surface area contributed by atoms with Gasteiger partial charge in [0.05, 0.1) is 12.1 Å². The first-order valence-electron chi connectivity index (χ1n) is 5.48. The van der Waals surface area contributed by atoms with E-state index in [-0.39, 0.29) is 5.54 Å². The molecule has 2 atom stereocenters. The smallest absolute Gasteiger partial charge is 0.192 e. The van der Waals surface area contributed by atoms with Crippen LogP contribution in [0.1, 0.15) is 13.3 Å². The van der Waals surface area contributed by atoms with Crippen molar-refractivity contribution in [3.05, 3.63) is 12.7 Å². The number of likely N-dealkylation sites (tertiary alicyclic amines) is 1. The number of likely N-dealkylation sites (N-methyl/N-ethyl adjacent to an activating group) is 1. The summed E-state index contributed by atoms with van der Waals surface area (Å²) in [5.74, 6) is 0.678. The number of nitrogens with zero attached hydrogens (tertiary/aromatic N) is 3. The molecule has 2 N–H and O–H groups in total. The standard InChI is InChI=1S/C11H20N4/c1-4-5-15-10(12)13-7-11(15)6-9(2)14(3)8-11/h4,9H,1,5-8H2,2-3H3,(H2,12,13). The number of aliphatic imine (C=N–C) groups is 1. The number of nitrogens with two attached hydrogens (primary N) is 1. The molecule has 0 radical (unpaired) electrons. The summed E-state index contributed by atoms with van der Waals surface area (Å²) in [6, 6.07) is 0.610. The molecule has 0 aliphatic carbocycles. The van der Waals surface area contributed by atoms with Gasteiger partial charge in [0.25, 0.3) is 0 Å². The van der Waals surface area contributed by atoms with Crippen LogP contribution >= 0.6 is 0 Å². The second kappa shape index (κ2) is 3.52. The van der Waals surface area contributed by atoms with Crippen molar-refractivity contribution in [3.8, 4) is 0 Å². The third kappa shape index (κ3) is 1.53. The normalized spacial score (nSPS) is 36.3. The van der Waals surface area contributed by atoms with Gasteiger partial charge in [-0.1, -0.05) is 6.08 Å². The highest BCUT2D eigenvalue weighted by Gasteiger charge is 2.48. The van der Waals surface area contributed by atoms with Gasteiger partial charge >= 0.3 is 0 Å². The van der Waals surface area contributed by atoms with Crippen molar-refractivity contribution in [1.29, 1.82) is 0 Å². The lowest BCUT2D eigenvalue weighted by molar-refractivity contribution is 0.220. The van der Waals surface area contributed by atoms with Gasteiger partial charge in [-0.2, -0.15) is 0 Å². The van der Waals surface area contributed by atoms with Crippen molar-refractivity contribution in [2.75, 3.05) is 26.7 Å². The lowest BCUT2D eigenvalue weighted by Crippen LogP contribution is -2.53. The zero-order valence-electron chi connectivity index (χ0n) is 9.61. The fourth-order valence-corrected chi connectivity index (χ4v) is 2.76. The van der Waals surface area contributed by atoms with E-state index in [1.54, 1.807) is 0 Å². The van der Waals surface area contributed by atoms with E-state index >= 15 is 0 Å². The maximum absolute atomic E-state index is 5.92. The zero-order chi connectivity index (χ0) is 11.1. The number of guanidine groups is 1. The lowest BCUT2D eigenvalue weighted by atomic mass is 9.95. The van der Waals surface area contributed by atoms with Crippen LogP contribution in [0.4, 0.5) is 0 Å². The van der Waals surface area contributed by atoms with Crippen LogP contribution < -0.4 is 5.73 Å². The van der Waals surface area contributed by atoms with Gasteiger partial charge in [-0.05, 0) is 20.4 Å². The lowest BCUT2D eigenvalue weighted by Gasteiger charge is -2.35. The Balaban J connectivity index is 2.19. The number of hydrogen-bond donors (Lipinski definition) is 1. The van der Waals surface area contributed by atoms with Crippen molar-refractivity contribution in [2.24, 2.45) is 10.7 Å². The van der Waals surface area contributed by atoms with Crippen LogP contribution in [0.5, 0.6) is 0 Å². The predicted molar refractivity (Wildman–Crippen MR) is 62.8 cm³/mol. The molecule has 15 heavy (non-hydrogen) atoms. The molecule has 0 aromatic carbocycles. The van der Waals surface area contributed by atoms with Crippen LogP contribution in [0.15, 0.2) is 17.6 Å². The van der Waals surface area contributed by atoms with Gasteiger partial charge in [0.1, 0.15) is 0 Å². The van der Waals surface area contributed by atoms with Crippen LogP contribution in [0.25, 0.3) is 0 Å². The van der Waals surface area contributed by atoms with E-state index in [0.717, 1.165) is 26.1 Å². The van der Waals surface area contributed by atoms with Crippen molar-refractivity contribution in [1.82, 2.24) is 9.80 Å². The molecule has 2 unspecified atom stereocenters. The van der Waals surface area contributed by atoms with Gasteiger partial charge < -0.3 is 15.5 Å². The van der Waals surface area contributed by atoms with Crippen LogP contribution in [0.3, 0.4) is 0 Å². The summed E-state index contributed by atoms with van der Waals surface area (Å²) in [6.45, 7) is 8.73. The van der Waals surface area contributed by atoms with E-state index in [4.69, 9.17) is 5.73 Å². The molecule has 2 aliphatic heterocycles. The Morgan fingerprint density at radius 2 is 2.47 bits per heavy atom. The molecule has 1 spiro atoms. The molecule has 0 bridgehead atoms. The average molecular weight is 208 g/mol. The molecule has 2 heterocycles. The van der Waals surface area contributed by atoms with Gasteiger partial charge in [0.2, 0.25) is 0 Å². The Bertz CT molecular complexity index is 287. The minimum absolute atomic E-state index is 0.131.